The zero-order chi connectivity index (χ0) is 7.56. The molecule has 1 amide bonds. The second kappa shape index (κ2) is 2.47. The molecular formula is C5H6N2O3. The number of amides is 1. The molecule has 0 saturated carbocycles. The van der Waals surface area contributed by atoms with E-state index in [-0.39, 0.29) is 18.3 Å². The van der Waals surface area contributed by atoms with Gasteiger partial charge < -0.3 is 10.1 Å². The number of nitrogens with one attached hydrogen (secondary N) is 1. The molecule has 0 fully saturated rings. The van der Waals surface area contributed by atoms with Crippen LogP contribution in [0.4, 0.5) is 0 Å². The third kappa shape index (κ3) is 1.12. The minimum Gasteiger partial charge on any atom is -0.463 e. The number of esters is 1. The standard InChI is InChI=1S/C5H6N2O3/c1-10-5(9)4-6-2-3(8)7-4/h2H2,1H3,(H,6,7,8). The van der Waals surface area contributed by atoms with Gasteiger partial charge in [0.1, 0.15) is 6.54 Å². The van der Waals surface area contributed by atoms with E-state index in [9.17, 15) is 9.59 Å². The molecule has 1 heterocycles. The Hall–Kier alpha value is -1.39. The third-order valence-corrected chi connectivity index (χ3v) is 1.02. The van der Waals surface area contributed by atoms with Crippen LogP contribution in [0, 0.1) is 0 Å². The lowest BCUT2D eigenvalue weighted by Gasteiger charge is -1.95. The molecule has 0 spiro atoms. The van der Waals surface area contributed by atoms with Crippen LogP contribution in [0.25, 0.3) is 0 Å². The van der Waals surface area contributed by atoms with Gasteiger partial charge in [0.15, 0.2) is 0 Å². The Kier molecular flexibility index (Phi) is 1.66. The summed E-state index contributed by atoms with van der Waals surface area (Å²) in [5.41, 5.74) is 0. The predicted octanol–water partition coefficient (Wildman–Crippen LogP) is -1.31. The molecule has 0 saturated heterocycles. The summed E-state index contributed by atoms with van der Waals surface area (Å²) in [6.45, 7) is 0.0183. The summed E-state index contributed by atoms with van der Waals surface area (Å²) in [7, 11) is 1.23. The van der Waals surface area contributed by atoms with Crippen molar-refractivity contribution in [1.82, 2.24) is 5.32 Å². The normalized spacial score (nSPS) is 16.1. The van der Waals surface area contributed by atoms with E-state index in [1.165, 1.54) is 7.11 Å². The maximum absolute atomic E-state index is 10.6. The number of nitrogens with zero attached hydrogens (tertiary/aromatic N) is 1. The lowest BCUT2D eigenvalue weighted by Crippen LogP contribution is -2.31. The molecule has 0 aliphatic carbocycles. The average Bonchev–Trinajstić information content (AvgIpc) is 2.34. The van der Waals surface area contributed by atoms with Crippen molar-refractivity contribution in [3.8, 4) is 0 Å². The van der Waals surface area contributed by atoms with Crippen molar-refractivity contribution < 1.29 is 14.3 Å². The summed E-state index contributed by atoms with van der Waals surface area (Å²) in [4.78, 5) is 24.6. The molecule has 1 N–H and O–H groups in total. The molecule has 5 heteroatoms. The highest BCUT2D eigenvalue weighted by Crippen LogP contribution is 1.88. The van der Waals surface area contributed by atoms with Crippen LogP contribution in [0.3, 0.4) is 0 Å². The number of ether oxygens (including phenoxy) is 1. The third-order valence-electron chi connectivity index (χ3n) is 1.02. The molecule has 0 radical (unpaired) electrons. The average molecular weight is 142 g/mol. The second-order valence-electron chi connectivity index (χ2n) is 1.70. The van der Waals surface area contributed by atoms with E-state index in [2.05, 4.69) is 15.0 Å². The Balaban J connectivity index is 2.59. The molecule has 1 aliphatic rings. The van der Waals surface area contributed by atoms with E-state index in [1.807, 2.05) is 0 Å². The highest BCUT2D eigenvalue weighted by Gasteiger charge is 2.19. The number of aliphatic imine (C=N–C) groups is 1. The van der Waals surface area contributed by atoms with Crippen LogP contribution in [0.5, 0.6) is 0 Å². The smallest absolute Gasteiger partial charge is 0.373 e. The zero-order valence-corrected chi connectivity index (χ0v) is 5.38. The van der Waals surface area contributed by atoms with Crippen molar-refractivity contribution in [2.24, 2.45) is 4.99 Å². The maximum atomic E-state index is 10.6. The van der Waals surface area contributed by atoms with Gasteiger partial charge in [0.2, 0.25) is 11.7 Å². The highest BCUT2D eigenvalue weighted by atomic mass is 16.5. The molecular weight excluding hydrogens is 136 g/mol. The SMILES string of the molecule is COC(=O)C1=NCC(=O)N1. The summed E-state index contributed by atoms with van der Waals surface area (Å²) >= 11 is 0. The molecule has 0 bridgehead atoms. The highest BCUT2D eigenvalue weighted by molar-refractivity contribution is 6.39. The van der Waals surface area contributed by atoms with Crippen LogP contribution in [0.15, 0.2) is 4.99 Å². The molecule has 1 rings (SSSR count). The van der Waals surface area contributed by atoms with E-state index in [4.69, 9.17) is 0 Å². The quantitative estimate of drug-likeness (QED) is 0.462. The Morgan fingerprint density at radius 3 is 2.90 bits per heavy atom. The summed E-state index contributed by atoms with van der Waals surface area (Å²) in [6, 6.07) is 0. The minimum atomic E-state index is -0.606. The van der Waals surface area contributed by atoms with E-state index in [1.54, 1.807) is 0 Å². The molecule has 0 aromatic heterocycles. The number of amidine groups is 1. The number of rotatable bonds is 1. The van der Waals surface area contributed by atoms with Crippen LogP contribution in [0.2, 0.25) is 0 Å². The first-order chi connectivity index (χ1) is 4.74. The fourth-order valence-electron chi connectivity index (χ4n) is 0.574. The number of hydrogen-bond donors (Lipinski definition) is 1. The van der Waals surface area contributed by atoms with Crippen molar-refractivity contribution in [1.29, 1.82) is 0 Å². The fourth-order valence-corrected chi connectivity index (χ4v) is 0.574. The summed E-state index contributed by atoms with van der Waals surface area (Å²) in [5, 5.41) is 2.24. The van der Waals surface area contributed by atoms with Gasteiger partial charge in [-0.15, -0.1) is 0 Å². The van der Waals surface area contributed by atoms with Crippen LogP contribution < -0.4 is 5.32 Å². The van der Waals surface area contributed by atoms with Gasteiger partial charge in [0.25, 0.3) is 0 Å². The van der Waals surface area contributed by atoms with Crippen LogP contribution in [-0.4, -0.2) is 31.4 Å². The van der Waals surface area contributed by atoms with Gasteiger partial charge in [0.05, 0.1) is 7.11 Å². The number of carbonyl (C=O) groups excluding carboxylic acids is 2. The number of methoxy groups -OCH3 is 1. The Morgan fingerprint density at radius 2 is 2.50 bits per heavy atom. The van der Waals surface area contributed by atoms with Crippen molar-refractivity contribution in [2.45, 2.75) is 0 Å². The number of hydrogen-bond acceptors (Lipinski definition) is 4. The molecule has 0 aromatic carbocycles. The Morgan fingerprint density at radius 1 is 1.80 bits per heavy atom. The first-order valence-electron chi connectivity index (χ1n) is 2.66. The van der Waals surface area contributed by atoms with Crippen molar-refractivity contribution in [3.05, 3.63) is 0 Å². The first-order valence-corrected chi connectivity index (χ1v) is 2.66. The van der Waals surface area contributed by atoms with Crippen molar-refractivity contribution >= 4 is 17.7 Å². The van der Waals surface area contributed by atoms with Gasteiger partial charge in [-0.25, -0.2) is 4.79 Å². The van der Waals surface area contributed by atoms with Crippen LogP contribution in [0.1, 0.15) is 0 Å². The van der Waals surface area contributed by atoms with Gasteiger partial charge in [-0.05, 0) is 0 Å². The van der Waals surface area contributed by atoms with Crippen LogP contribution in [-0.2, 0) is 14.3 Å². The van der Waals surface area contributed by atoms with Gasteiger partial charge >= 0.3 is 5.97 Å². The van der Waals surface area contributed by atoms with Crippen molar-refractivity contribution in [3.63, 3.8) is 0 Å². The largest absolute Gasteiger partial charge is 0.463 e. The predicted molar refractivity (Wildman–Crippen MR) is 32.5 cm³/mol. The maximum Gasteiger partial charge on any atom is 0.373 e. The number of carbonyl (C=O) groups is 2. The van der Waals surface area contributed by atoms with E-state index in [0.717, 1.165) is 0 Å². The Bertz CT molecular complexity index is 209. The van der Waals surface area contributed by atoms with Crippen molar-refractivity contribution in [2.75, 3.05) is 13.7 Å². The molecule has 0 atom stereocenters. The van der Waals surface area contributed by atoms with E-state index >= 15 is 0 Å². The summed E-state index contributed by atoms with van der Waals surface area (Å²) in [6.07, 6.45) is 0. The van der Waals surface area contributed by atoms with Gasteiger partial charge in [-0.1, -0.05) is 0 Å². The molecule has 1 aliphatic heterocycles. The fraction of sp³-hybridized carbons (Fsp3) is 0.400. The van der Waals surface area contributed by atoms with E-state index < -0.39 is 5.97 Å². The molecule has 10 heavy (non-hydrogen) atoms. The molecule has 0 aromatic rings. The lowest BCUT2D eigenvalue weighted by molar-refractivity contribution is -0.133. The Labute approximate surface area is 57.1 Å². The topological polar surface area (TPSA) is 67.8 Å². The van der Waals surface area contributed by atoms with Gasteiger partial charge in [-0.2, -0.15) is 0 Å². The van der Waals surface area contributed by atoms with Crippen LogP contribution >= 0.6 is 0 Å². The second-order valence-corrected chi connectivity index (χ2v) is 1.70. The summed E-state index contributed by atoms with van der Waals surface area (Å²) < 4.78 is 4.30. The van der Waals surface area contributed by atoms with Gasteiger partial charge in [0, 0.05) is 0 Å². The lowest BCUT2D eigenvalue weighted by atomic mass is 10.6. The monoisotopic (exact) mass is 142 g/mol. The molecule has 0 unspecified atom stereocenters. The minimum absolute atomic E-state index is 0.00694. The molecule has 5 nitrogen and oxygen atoms in total. The zero-order valence-electron chi connectivity index (χ0n) is 5.38. The van der Waals surface area contributed by atoms with E-state index in [0.29, 0.717) is 0 Å². The summed E-state index contributed by atoms with van der Waals surface area (Å²) in [5.74, 6) is -0.890. The molecule has 54 valence electrons. The van der Waals surface area contributed by atoms with Gasteiger partial charge in [-0.3, -0.25) is 9.79 Å². The first kappa shape index (κ1) is 6.73.